The van der Waals surface area contributed by atoms with Crippen LogP contribution in [0.1, 0.15) is 0 Å². The van der Waals surface area contributed by atoms with Crippen molar-refractivity contribution in [1.29, 1.82) is 0 Å². The van der Waals surface area contributed by atoms with Crippen LogP contribution >= 0.6 is 11.6 Å². The normalized spacial score (nSPS) is 12.1. The first kappa shape index (κ1) is 15.0. The van der Waals surface area contributed by atoms with Gasteiger partial charge in [-0.05, 0) is 35.9 Å². The summed E-state index contributed by atoms with van der Waals surface area (Å²) < 4.78 is 25.5. The molecule has 120 valence electrons. The molecular formula is C16H11ClN4O2S. The lowest BCUT2D eigenvalue weighted by atomic mass is 10.2. The summed E-state index contributed by atoms with van der Waals surface area (Å²) in [5.74, 6) is 0.288. The summed E-state index contributed by atoms with van der Waals surface area (Å²) in [6.07, 6.45) is 1.16. The second-order valence-corrected chi connectivity index (χ2v) is 7.66. The maximum atomic E-state index is 12.0. The molecule has 0 aliphatic heterocycles. The largest absolute Gasteiger partial charge is 0.226 e. The zero-order valence-corrected chi connectivity index (χ0v) is 14.1. The fourth-order valence-electron chi connectivity index (χ4n) is 2.61. The van der Waals surface area contributed by atoms with Crippen LogP contribution in [0, 0.1) is 0 Å². The minimum absolute atomic E-state index is 0.166. The van der Waals surface area contributed by atoms with Gasteiger partial charge in [0.05, 0.1) is 10.4 Å². The lowest BCUT2D eigenvalue weighted by Gasteiger charge is -2.03. The molecule has 6 nitrogen and oxygen atoms in total. The Hall–Kier alpha value is -2.51. The third-order valence-electron chi connectivity index (χ3n) is 3.67. The van der Waals surface area contributed by atoms with Crippen molar-refractivity contribution in [3.05, 3.63) is 53.8 Å². The number of nitrogens with zero attached hydrogens (tertiary/aromatic N) is 4. The van der Waals surface area contributed by atoms with Crippen molar-refractivity contribution in [3.8, 4) is 11.4 Å². The summed E-state index contributed by atoms with van der Waals surface area (Å²) >= 11 is 6.20. The van der Waals surface area contributed by atoms with E-state index in [0.29, 0.717) is 16.7 Å². The SMILES string of the molecule is CS(=O)(=O)c1ccccc1-c1nc2c3ccccc3nc(Cl)n2n1. The van der Waals surface area contributed by atoms with E-state index in [1.165, 1.54) is 10.6 Å². The smallest absolute Gasteiger partial charge is 0.224 e. The number of hydrogen-bond donors (Lipinski definition) is 0. The van der Waals surface area contributed by atoms with Gasteiger partial charge in [0.2, 0.25) is 5.28 Å². The molecule has 0 aliphatic rings. The molecule has 0 amide bonds. The summed E-state index contributed by atoms with van der Waals surface area (Å²) in [6.45, 7) is 0. The van der Waals surface area contributed by atoms with Gasteiger partial charge < -0.3 is 0 Å². The molecule has 8 heteroatoms. The van der Waals surface area contributed by atoms with Crippen LogP contribution in [0.4, 0.5) is 0 Å². The zero-order valence-electron chi connectivity index (χ0n) is 12.5. The Morgan fingerprint density at radius 1 is 1.00 bits per heavy atom. The third-order valence-corrected chi connectivity index (χ3v) is 5.07. The molecule has 0 saturated carbocycles. The quantitative estimate of drug-likeness (QED) is 0.515. The summed E-state index contributed by atoms with van der Waals surface area (Å²) in [5, 5.41) is 5.31. The van der Waals surface area contributed by atoms with Crippen LogP contribution < -0.4 is 0 Å². The number of halogens is 1. The highest BCUT2D eigenvalue weighted by Gasteiger charge is 2.19. The number of benzene rings is 2. The van der Waals surface area contributed by atoms with E-state index in [4.69, 9.17) is 11.6 Å². The lowest BCUT2D eigenvalue weighted by molar-refractivity contribution is 0.602. The van der Waals surface area contributed by atoms with Crippen LogP contribution in [0.2, 0.25) is 5.28 Å². The minimum Gasteiger partial charge on any atom is -0.224 e. The molecule has 0 saturated heterocycles. The maximum Gasteiger partial charge on any atom is 0.226 e. The highest BCUT2D eigenvalue weighted by Crippen LogP contribution is 2.28. The molecule has 0 radical (unpaired) electrons. The number of sulfone groups is 1. The number of hydrogen-bond acceptors (Lipinski definition) is 5. The lowest BCUT2D eigenvalue weighted by Crippen LogP contribution is -2.00. The first-order chi connectivity index (χ1) is 11.4. The van der Waals surface area contributed by atoms with Crippen molar-refractivity contribution in [1.82, 2.24) is 19.6 Å². The Morgan fingerprint density at radius 3 is 2.50 bits per heavy atom. The summed E-state index contributed by atoms with van der Waals surface area (Å²) in [4.78, 5) is 8.97. The minimum atomic E-state index is -3.41. The molecule has 0 N–H and O–H groups in total. The van der Waals surface area contributed by atoms with Crippen molar-refractivity contribution in [2.75, 3.05) is 6.26 Å². The second-order valence-electron chi connectivity index (χ2n) is 5.34. The molecule has 0 spiro atoms. The number of rotatable bonds is 2. The molecule has 0 fully saturated rings. The Morgan fingerprint density at radius 2 is 1.71 bits per heavy atom. The van der Waals surface area contributed by atoms with Crippen molar-refractivity contribution in [2.24, 2.45) is 0 Å². The first-order valence-corrected chi connectivity index (χ1v) is 9.32. The predicted molar refractivity (Wildman–Crippen MR) is 91.8 cm³/mol. The third kappa shape index (κ3) is 2.33. The van der Waals surface area contributed by atoms with Crippen LogP contribution in [0.3, 0.4) is 0 Å². The Balaban J connectivity index is 2.07. The Kier molecular flexibility index (Phi) is 3.29. The molecule has 4 rings (SSSR count). The molecule has 2 heterocycles. The van der Waals surface area contributed by atoms with E-state index >= 15 is 0 Å². The van der Waals surface area contributed by atoms with Crippen LogP contribution in [0.25, 0.3) is 27.9 Å². The van der Waals surface area contributed by atoms with E-state index in [1.807, 2.05) is 24.3 Å². The van der Waals surface area contributed by atoms with Crippen LogP contribution in [-0.2, 0) is 9.84 Å². The fraction of sp³-hybridized carbons (Fsp3) is 0.0625. The van der Waals surface area contributed by atoms with Gasteiger partial charge in [-0.15, -0.1) is 5.10 Å². The van der Waals surface area contributed by atoms with Gasteiger partial charge in [-0.2, -0.15) is 4.52 Å². The van der Waals surface area contributed by atoms with Crippen LogP contribution in [-0.4, -0.2) is 34.3 Å². The van der Waals surface area contributed by atoms with Gasteiger partial charge in [0, 0.05) is 17.2 Å². The molecule has 24 heavy (non-hydrogen) atoms. The Labute approximate surface area is 142 Å². The van der Waals surface area contributed by atoms with Gasteiger partial charge in [0.1, 0.15) is 0 Å². The van der Waals surface area contributed by atoms with Crippen LogP contribution in [0.5, 0.6) is 0 Å². The zero-order chi connectivity index (χ0) is 16.9. The molecule has 0 unspecified atom stereocenters. The van der Waals surface area contributed by atoms with Crippen molar-refractivity contribution < 1.29 is 8.42 Å². The molecule has 0 aliphatic carbocycles. The summed E-state index contributed by atoms with van der Waals surface area (Å²) in [7, 11) is -3.41. The first-order valence-electron chi connectivity index (χ1n) is 7.05. The molecule has 4 aromatic rings. The van der Waals surface area contributed by atoms with Crippen molar-refractivity contribution >= 4 is 38.0 Å². The van der Waals surface area contributed by atoms with Crippen LogP contribution in [0.15, 0.2) is 53.4 Å². The Bertz CT molecular complexity index is 1200. The van der Waals surface area contributed by atoms with E-state index in [-0.39, 0.29) is 16.0 Å². The van der Waals surface area contributed by atoms with E-state index in [2.05, 4.69) is 15.1 Å². The molecule has 0 atom stereocenters. The van der Waals surface area contributed by atoms with Crippen molar-refractivity contribution in [2.45, 2.75) is 4.90 Å². The van der Waals surface area contributed by atoms with E-state index < -0.39 is 9.84 Å². The highest BCUT2D eigenvalue weighted by atomic mass is 35.5. The number of aromatic nitrogens is 4. The van der Waals surface area contributed by atoms with Gasteiger partial charge in [-0.25, -0.2) is 18.4 Å². The van der Waals surface area contributed by atoms with E-state index in [1.54, 1.807) is 18.2 Å². The molecule has 2 aromatic carbocycles. The van der Waals surface area contributed by atoms with E-state index in [0.717, 1.165) is 11.6 Å². The topological polar surface area (TPSA) is 77.2 Å². The fourth-order valence-corrected chi connectivity index (χ4v) is 3.70. The van der Waals surface area contributed by atoms with Gasteiger partial charge >= 0.3 is 0 Å². The van der Waals surface area contributed by atoms with Gasteiger partial charge in [-0.1, -0.05) is 24.3 Å². The highest BCUT2D eigenvalue weighted by molar-refractivity contribution is 7.90. The molecule has 0 bridgehead atoms. The van der Waals surface area contributed by atoms with Gasteiger partial charge in [0.15, 0.2) is 21.3 Å². The standard InChI is InChI=1S/C16H11ClN4O2S/c1-24(22,23)13-9-5-3-7-11(13)14-19-15-10-6-2-4-8-12(10)18-16(17)21(15)20-14/h2-9H,1H3. The number of para-hydroxylation sites is 1. The molecular weight excluding hydrogens is 348 g/mol. The average Bonchev–Trinajstić information content (AvgIpc) is 3.00. The predicted octanol–water partition coefficient (Wildman–Crippen LogP) is 3.00. The summed E-state index contributed by atoms with van der Waals surface area (Å²) in [6, 6.07) is 14.1. The second kappa shape index (κ2) is 5.25. The maximum absolute atomic E-state index is 12.0. The average molecular weight is 359 g/mol. The van der Waals surface area contributed by atoms with Crippen molar-refractivity contribution in [3.63, 3.8) is 0 Å². The monoisotopic (exact) mass is 358 g/mol. The van der Waals surface area contributed by atoms with Gasteiger partial charge in [0.25, 0.3) is 0 Å². The number of fused-ring (bicyclic) bond motifs is 3. The van der Waals surface area contributed by atoms with Gasteiger partial charge in [-0.3, -0.25) is 0 Å². The summed E-state index contributed by atoms with van der Waals surface area (Å²) in [5.41, 5.74) is 1.66. The molecule has 2 aromatic heterocycles. The van der Waals surface area contributed by atoms with E-state index in [9.17, 15) is 8.42 Å².